The predicted octanol–water partition coefficient (Wildman–Crippen LogP) is 4.29. The number of benzene rings is 2. The quantitative estimate of drug-likeness (QED) is 0.374. The SMILES string of the molecule is CCOC(=O)c1cnn(-c2ccccc2)c1NC(=O)c1cc(-c2ccc(OC(F)F)cc2)n[nH]1. The smallest absolute Gasteiger partial charge is 0.387 e. The zero-order chi connectivity index (χ0) is 24.1. The van der Waals surface area contributed by atoms with E-state index in [1.165, 1.54) is 29.1 Å². The van der Waals surface area contributed by atoms with Gasteiger partial charge in [-0.3, -0.25) is 9.89 Å². The highest BCUT2D eigenvalue weighted by molar-refractivity contribution is 6.07. The highest BCUT2D eigenvalue weighted by atomic mass is 19.3. The van der Waals surface area contributed by atoms with Crippen molar-refractivity contribution < 1.29 is 27.8 Å². The molecule has 4 aromatic rings. The van der Waals surface area contributed by atoms with Crippen LogP contribution in [0.15, 0.2) is 66.9 Å². The van der Waals surface area contributed by atoms with E-state index >= 15 is 0 Å². The molecule has 0 saturated carbocycles. The molecule has 0 radical (unpaired) electrons. The average molecular weight is 467 g/mol. The molecule has 34 heavy (non-hydrogen) atoms. The van der Waals surface area contributed by atoms with E-state index < -0.39 is 18.5 Å². The Morgan fingerprint density at radius 1 is 1.12 bits per heavy atom. The van der Waals surface area contributed by atoms with Crippen molar-refractivity contribution in [2.75, 3.05) is 11.9 Å². The molecule has 2 N–H and O–H groups in total. The van der Waals surface area contributed by atoms with Crippen LogP contribution in [0.2, 0.25) is 0 Å². The van der Waals surface area contributed by atoms with Gasteiger partial charge in [0.25, 0.3) is 5.91 Å². The van der Waals surface area contributed by atoms with E-state index in [2.05, 4.69) is 25.3 Å². The molecule has 11 heteroatoms. The number of carbonyl (C=O) groups excluding carboxylic acids is 2. The molecule has 0 bridgehead atoms. The highest BCUT2D eigenvalue weighted by Crippen LogP contribution is 2.24. The first-order chi connectivity index (χ1) is 16.5. The average Bonchev–Trinajstić information content (AvgIpc) is 3.48. The molecule has 4 rings (SSSR count). The Balaban J connectivity index is 1.59. The van der Waals surface area contributed by atoms with Crippen molar-refractivity contribution in [3.8, 4) is 22.7 Å². The van der Waals surface area contributed by atoms with Crippen molar-refractivity contribution in [2.24, 2.45) is 0 Å². The Labute approximate surface area is 192 Å². The number of alkyl halides is 2. The second-order valence-corrected chi connectivity index (χ2v) is 6.90. The number of halogens is 2. The summed E-state index contributed by atoms with van der Waals surface area (Å²) in [4.78, 5) is 25.4. The van der Waals surface area contributed by atoms with Gasteiger partial charge in [0.15, 0.2) is 5.82 Å². The van der Waals surface area contributed by atoms with E-state index in [0.29, 0.717) is 16.9 Å². The molecular weight excluding hydrogens is 448 g/mol. The summed E-state index contributed by atoms with van der Waals surface area (Å²) < 4.78 is 35.5. The summed E-state index contributed by atoms with van der Waals surface area (Å²) in [6, 6.07) is 16.3. The molecule has 2 aromatic carbocycles. The summed E-state index contributed by atoms with van der Waals surface area (Å²) >= 11 is 0. The van der Waals surface area contributed by atoms with Gasteiger partial charge in [-0.2, -0.15) is 19.0 Å². The van der Waals surface area contributed by atoms with Crippen LogP contribution in [0.3, 0.4) is 0 Å². The fourth-order valence-electron chi connectivity index (χ4n) is 3.16. The molecule has 0 spiro atoms. The van der Waals surface area contributed by atoms with E-state index in [9.17, 15) is 18.4 Å². The first kappa shape index (κ1) is 22.6. The monoisotopic (exact) mass is 467 g/mol. The molecule has 2 heterocycles. The van der Waals surface area contributed by atoms with Crippen LogP contribution in [0.25, 0.3) is 16.9 Å². The van der Waals surface area contributed by atoms with Crippen LogP contribution in [0.1, 0.15) is 27.8 Å². The maximum Gasteiger partial charge on any atom is 0.387 e. The minimum atomic E-state index is -2.92. The molecule has 9 nitrogen and oxygen atoms in total. The van der Waals surface area contributed by atoms with Crippen LogP contribution in [0.5, 0.6) is 5.75 Å². The fourth-order valence-corrected chi connectivity index (χ4v) is 3.16. The summed E-state index contributed by atoms with van der Waals surface area (Å²) in [5.74, 6) is -1.05. The number of ether oxygens (including phenoxy) is 2. The molecule has 1 amide bonds. The third kappa shape index (κ3) is 4.93. The van der Waals surface area contributed by atoms with Crippen molar-refractivity contribution in [1.29, 1.82) is 0 Å². The number of hydrogen-bond acceptors (Lipinski definition) is 6. The molecule has 2 aromatic heterocycles. The number of aromatic nitrogens is 4. The van der Waals surface area contributed by atoms with Crippen LogP contribution in [0.4, 0.5) is 14.6 Å². The van der Waals surface area contributed by atoms with Crippen LogP contribution in [-0.2, 0) is 4.74 Å². The molecule has 0 unspecified atom stereocenters. The van der Waals surface area contributed by atoms with E-state index in [0.717, 1.165) is 0 Å². The van der Waals surface area contributed by atoms with Gasteiger partial charge in [0.1, 0.15) is 17.0 Å². The fraction of sp³-hybridized carbons (Fsp3) is 0.130. The van der Waals surface area contributed by atoms with Gasteiger partial charge in [-0.25, -0.2) is 9.48 Å². The first-order valence-electron chi connectivity index (χ1n) is 10.2. The van der Waals surface area contributed by atoms with E-state index in [1.807, 2.05) is 6.07 Å². The Morgan fingerprint density at radius 3 is 2.53 bits per heavy atom. The minimum Gasteiger partial charge on any atom is -0.462 e. The van der Waals surface area contributed by atoms with Gasteiger partial charge in [0.05, 0.1) is 24.2 Å². The molecule has 0 aliphatic rings. The Morgan fingerprint density at radius 2 is 1.85 bits per heavy atom. The molecular formula is C23H19F2N5O4. The van der Waals surface area contributed by atoms with Gasteiger partial charge in [0, 0.05) is 5.56 Å². The lowest BCUT2D eigenvalue weighted by atomic mass is 10.1. The largest absolute Gasteiger partial charge is 0.462 e. The van der Waals surface area contributed by atoms with E-state index in [4.69, 9.17) is 4.74 Å². The lowest BCUT2D eigenvalue weighted by molar-refractivity contribution is -0.0498. The van der Waals surface area contributed by atoms with Crippen LogP contribution in [0, 0.1) is 0 Å². The predicted molar refractivity (Wildman–Crippen MR) is 118 cm³/mol. The first-order valence-corrected chi connectivity index (χ1v) is 10.2. The second kappa shape index (κ2) is 9.94. The van der Waals surface area contributed by atoms with Crippen LogP contribution < -0.4 is 10.1 Å². The number of aromatic amines is 1. The van der Waals surface area contributed by atoms with Crippen LogP contribution >= 0.6 is 0 Å². The van der Waals surface area contributed by atoms with Gasteiger partial charge in [0.2, 0.25) is 0 Å². The minimum absolute atomic E-state index is 0.00733. The summed E-state index contributed by atoms with van der Waals surface area (Å²) in [7, 11) is 0. The van der Waals surface area contributed by atoms with Gasteiger partial charge in [-0.05, 0) is 49.4 Å². The van der Waals surface area contributed by atoms with Gasteiger partial charge < -0.3 is 14.8 Å². The van der Waals surface area contributed by atoms with E-state index in [1.54, 1.807) is 43.3 Å². The summed E-state index contributed by atoms with van der Waals surface area (Å²) in [5.41, 5.74) is 1.83. The standard InChI is InChI=1S/C23H19F2N5O4/c1-2-33-22(32)17-13-26-30(15-6-4-3-5-7-15)20(17)27-21(31)19-12-18(28-29-19)14-8-10-16(11-9-14)34-23(24)25/h3-13,23H,2H2,1H3,(H,27,31)(H,28,29). The number of hydrogen-bond donors (Lipinski definition) is 2. The number of nitrogens with zero attached hydrogens (tertiary/aromatic N) is 3. The van der Waals surface area contributed by atoms with Crippen molar-refractivity contribution in [2.45, 2.75) is 13.5 Å². The Hall–Kier alpha value is -4.54. The number of esters is 1. The number of H-pyrrole nitrogens is 1. The summed E-state index contributed by atoms with van der Waals surface area (Å²) in [5, 5.41) is 13.7. The lowest BCUT2D eigenvalue weighted by Gasteiger charge is -2.10. The van der Waals surface area contributed by atoms with Crippen molar-refractivity contribution in [3.05, 3.63) is 78.1 Å². The molecule has 0 saturated heterocycles. The number of carbonyl (C=O) groups is 2. The highest BCUT2D eigenvalue weighted by Gasteiger charge is 2.23. The maximum absolute atomic E-state index is 13.0. The number of para-hydroxylation sites is 1. The number of nitrogens with one attached hydrogen (secondary N) is 2. The zero-order valence-corrected chi connectivity index (χ0v) is 17.9. The molecule has 0 aliphatic heterocycles. The molecule has 0 aliphatic carbocycles. The lowest BCUT2D eigenvalue weighted by Crippen LogP contribution is -2.18. The number of anilines is 1. The normalized spacial score (nSPS) is 10.8. The van der Waals surface area contributed by atoms with Crippen LogP contribution in [-0.4, -0.2) is 45.1 Å². The number of amides is 1. The third-order valence-corrected chi connectivity index (χ3v) is 4.70. The van der Waals surface area contributed by atoms with Gasteiger partial charge >= 0.3 is 12.6 Å². The molecule has 174 valence electrons. The number of rotatable bonds is 8. The zero-order valence-electron chi connectivity index (χ0n) is 17.9. The summed E-state index contributed by atoms with van der Waals surface area (Å²) in [6.07, 6.45) is 1.32. The van der Waals surface area contributed by atoms with Crippen molar-refractivity contribution in [3.63, 3.8) is 0 Å². The second-order valence-electron chi connectivity index (χ2n) is 6.90. The topological polar surface area (TPSA) is 111 Å². The maximum atomic E-state index is 13.0. The Bertz CT molecular complexity index is 1290. The third-order valence-electron chi connectivity index (χ3n) is 4.70. The van der Waals surface area contributed by atoms with E-state index in [-0.39, 0.29) is 29.4 Å². The molecule has 0 fully saturated rings. The van der Waals surface area contributed by atoms with Crippen molar-refractivity contribution >= 4 is 17.7 Å². The van der Waals surface area contributed by atoms with Gasteiger partial charge in [-0.15, -0.1) is 0 Å². The Kier molecular flexibility index (Phi) is 6.62. The molecule has 0 atom stereocenters. The summed E-state index contributed by atoms with van der Waals surface area (Å²) in [6.45, 7) is -1.08. The van der Waals surface area contributed by atoms with Gasteiger partial charge in [-0.1, -0.05) is 18.2 Å². The van der Waals surface area contributed by atoms with Crippen molar-refractivity contribution in [1.82, 2.24) is 20.0 Å².